The normalized spacial score (nSPS) is 12.2. The lowest BCUT2D eigenvalue weighted by Gasteiger charge is -2.06. The van der Waals surface area contributed by atoms with Crippen molar-refractivity contribution in [2.75, 3.05) is 25.5 Å². The third-order valence-electron chi connectivity index (χ3n) is 2.28. The van der Waals surface area contributed by atoms with Crippen molar-refractivity contribution in [1.82, 2.24) is 14.5 Å². The van der Waals surface area contributed by atoms with E-state index in [0.29, 0.717) is 6.54 Å². The number of sulfonamides is 1. The summed E-state index contributed by atoms with van der Waals surface area (Å²) in [5.74, 6) is -0.0977. The molecule has 0 atom stereocenters. The summed E-state index contributed by atoms with van der Waals surface area (Å²) >= 11 is 0. The summed E-state index contributed by atoms with van der Waals surface area (Å²) in [5.41, 5.74) is 5.55. The lowest BCUT2D eigenvalue weighted by molar-refractivity contribution is 0.0199. The Morgan fingerprint density at radius 1 is 1.55 bits per heavy atom. The van der Waals surface area contributed by atoms with Crippen LogP contribution >= 0.6 is 0 Å². The van der Waals surface area contributed by atoms with Gasteiger partial charge in [0.1, 0.15) is 11.5 Å². The van der Waals surface area contributed by atoms with Crippen LogP contribution in [0.15, 0.2) is 11.1 Å². The highest BCUT2D eigenvalue weighted by Crippen LogP contribution is 2.15. The Kier molecular flexibility index (Phi) is 6.30. The minimum Gasteiger partial charge on any atom is -0.381 e. The molecule has 10 heteroatoms. The van der Waals surface area contributed by atoms with Crippen molar-refractivity contribution in [3.05, 3.63) is 6.20 Å². The van der Waals surface area contributed by atoms with E-state index in [1.165, 1.54) is 10.9 Å². The van der Waals surface area contributed by atoms with Crippen LogP contribution in [0.1, 0.15) is 13.3 Å². The molecular formula is C10H18F2N4O3S. The molecule has 0 saturated heterocycles. The summed E-state index contributed by atoms with van der Waals surface area (Å²) in [6, 6.07) is 0. The van der Waals surface area contributed by atoms with Crippen LogP contribution in [0.25, 0.3) is 0 Å². The third kappa shape index (κ3) is 5.02. The molecule has 0 fully saturated rings. The summed E-state index contributed by atoms with van der Waals surface area (Å²) in [5, 5.41) is 3.88. The van der Waals surface area contributed by atoms with Gasteiger partial charge in [0, 0.05) is 19.3 Å². The van der Waals surface area contributed by atoms with E-state index >= 15 is 0 Å². The minimum absolute atomic E-state index is 0.0977. The number of rotatable bonds is 9. The first kappa shape index (κ1) is 16.8. The number of nitrogens with zero attached hydrogens (tertiary/aromatic N) is 2. The lowest BCUT2D eigenvalue weighted by Crippen LogP contribution is -2.28. The van der Waals surface area contributed by atoms with Crippen molar-refractivity contribution >= 4 is 15.8 Å². The molecule has 1 rings (SSSR count). The van der Waals surface area contributed by atoms with Crippen LogP contribution in [0.4, 0.5) is 14.6 Å². The van der Waals surface area contributed by atoms with Gasteiger partial charge in [-0.15, -0.1) is 0 Å². The number of nitrogens with two attached hydrogens (primary N) is 1. The number of nitrogen functional groups attached to an aromatic ring is 1. The van der Waals surface area contributed by atoms with Crippen molar-refractivity contribution in [2.24, 2.45) is 0 Å². The Hall–Kier alpha value is -1.26. The van der Waals surface area contributed by atoms with Crippen molar-refractivity contribution < 1.29 is 21.9 Å². The van der Waals surface area contributed by atoms with E-state index in [9.17, 15) is 17.2 Å². The average Bonchev–Trinajstić information content (AvgIpc) is 2.70. The Morgan fingerprint density at radius 2 is 2.25 bits per heavy atom. The van der Waals surface area contributed by atoms with Crippen LogP contribution in [0.2, 0.25) is 0 Å². The van der Waals surface area contributed by atoms with Crippen LogP contribution in [0.3, 0.4) is 0 Å². The SMILES string of the molecule is CCCn1cc(S(=O)(=O)NCCOCC(F)F)c(N)n1. The fourth-order valence-electron chi connectivity index (χ4n) is 1.47. The van der Waals surface area contributed by atoms with Crippen molar-refractivity contribution in [3.8, 4) is 0 Å². The van der Waals surface area contributed by atoms with Gasteiger partial charge in [-0.05, 0) is 6.42 Å². The van der Waals surface area contributed by atoms with E-state index in [2.05, 4.69) is 14.6 Å². The number of alkyl halides is 2. The highest BCUT2D eigenvalue weighted by molar-refractivity contribution is 7.89. The molecular weight excluding hydrogens is 294 g/mol. The van der Waals surface area contributed by atoms with E-state index in [4.69, 9.17) is 5.73 Å². The van der Waals surface area contributed by atoms with Gasteiger partial charge in [-0.1, -0.05) is 6.92 Å². The van der Waals surface area contributed by atoms with Crippen molar-refractivity contribution in [3.63, 3.8) is 0 Å². The molecule has 20 heavy (non-hydrogen) atoms. The van der Waals surface area contributed by atoms with Gasteiger partial charge in [-0.25, -0.2) is 21.9 Å². The highest BCUT2D eigenvalue weighted by Gasteiger charge is 2.20. The second kappa shape index (κ2) is 7.50. The smallest absolute Gasteiger partial charge is 0.261 e. The molecule has 116 valence electrons. The molecule has 3 N–H and O–H groups in total. The number of aromatic nitrogens is 2. The fourth-order valence-corrected chi connectivity index (χ4v) is 2.55. The topological polar surface area (TPSA) is 99.2 Å². The number of nitrogens with one attached hydrogen (secondary N) is 1. The zero-order valence-electron chi connectivity index (χ0n) is 11.1. The summed E-state index contributed by atoms with van der Waals surface area (Å²) < 4.78 is 55.7. The number of ether oxygens (including phenoxy) is 1. The van der Waals surface area contributed by atoms with Crippen LogP contribution in [-0.4, -0.2) is 44.4 Å². The van der Waals surface area contributed by atoms with Gasteiger partial charge in [-0.3, -0.25) is 4.68 Å². The monoisotopic (exact) mass is 312 g/mol. The summed E-state index contributed by atoms with van der Waals surface area (Å²) in [7, 11) is -3.81. The second-order valence-corrected chi connectivity index (χ2v) is 5.74. The Morgan fingerprint density at radius 3 is 2.85 bits per heavy atom. The third-order valence-corrected chi connectivity index (χ3v) is 3.76. The molecule has 7 nitrogen and oxygen atoms in total. The molecule has 0 spiro atoms. The maximum absolute atomic E-state index is 11.9. The minimum atomic E-state index is -3.81. The largest absolute Gasteiger partial charge is 0.381 e. The number of hydrogen-bond donors (Lipinski definition) is 2. The van der Waals surface area contributed by atoms with Crippen molar-refractivity contribution in [1.29, 1.82) is 0 Å². The van der Waals surface area contributed by atoms with Crippen LogP contribution in [0.5, 0.6) is 0 Å². The van der Waals surface area contributed by atoms with E-state index < -0.39 is 23.1 Å². The van der Waals surface area contributed by atoms with Gasteiger partial charge >= 0.3 is 0 Å². The molecule has 1 aromatic heterocycles. The van der Waals surface area contributed by atoms with Gasteiger partial charge in [0.05, 0.1) is 6.61 Å². The fraction of sp³-hybridized carbons (Fsp3) is 0.700. The first-order valence-corrected chi connectivity index (χ1v) is 7.53. The molecule has 0 bridgehead atoms. The van der Waals surface area contributed by atoms with Gasteiger partial charge in [0.2, 0.25) is 10.0 Å². The number of halogens is 2. The molecule has 0 aliphatic heterocycles. The van der Waals surface area contributed by atoms with E-state index in [-0.39, 0.29) is 23.9 Å². The molecule has 0 aliphatic carbocycles. The quantitative estimate of drug-likeness (QED) is 0.644. The van der Waals surface area contributed by atoms with Crippen LogP contribution in [0, 0.1) is 0 Å². The predicted octanol–water partition coefficient (Wildman–Crippen LogP) is 0.435. The molecule has 1 aromatic rings. The van der Waals surface area contributed by atoms with Crippen LogP contribution < -0.4 is 10.5 Å². The summed E-state index contributed by atoms with van der Waals surface area (Å²) in [6.07, 6.45) is -0.453. The predicted molar refractivity (Wildman–Crippen MR) is 68.9 cm³/mol. The number of anilines is 1. The lowest BCUT2D eigenvalue weighted by atomic mass is 10.5. The Balaban J connectivity index is 2.55. The van der Waals surface area contributed by atoms with E-state index in [0.717, 1.165) is 6.42 Å². The van der Waals surface area contributed by atoms with Crippen LogP contribution in [-0.2, 0) is 21.3 Å². The Bertz CT molecular complexity index is 519. The summed E-state index contributed by atoms with van der Waals surface area (Å²) in [6.45, 7) is 1.49. The van der Waals surface area contributed by atoms with Crippen molar-refractivity contribution in [2.45, 2.75) is 31.2 Å². The molecule has 0 aromatic carbocycles. The molecule has 0 aliphatic rings. The maximum Gasteiger partial charge on any atom is 0.261 e. The highest BCUT2D eigenvalue weighted by atomic mass is 32.2. The summed E-state index contributed by atoms with van der Waals surface area (Å²) in [4.78, 5) is -0.125. The first-order chi connectivity index (χ1) is 9.36. The zero-order valence-corrected chi connectivity index (χ0v) is 11.9. The molecule has 0 unspecified atom stereocenters. The standard InChI is InChI=1S/C10H18F2N4O3S/c1-2-4-16-6-8(10(13)15-16)20(17,18)14-3-5-19-7-9(11)12/h6,9,14H,2-5,7H2,1H3,(H2,13,15). The first-order valence-electron chi connectivity index (χ1n) is 6.05. The zero-order chi connectivity index (χ0) is 15.2. The molecule has 0 amide bonds. The van der Waals surface area contributed by atoms with Gasteiger partial charge in [0.25, 0.3) is 6.43 Å². The van der Waals surface area contributed by atoms with Gasteiger partial charge in [-0.2, -0.15) is 5.10 Å². The molecule has 1 heterocycles. The second-order valence-electron chi connectivity index (χ2n) is 4.01. The molecule has 0 saturated carbocycles. The van der Waals surface area contributed by atoms with E-state index in [1.54, 1.807) is 0 Å². The maximum atomic E-state index is 11.9. The Labute approximate surface area is 116 Å². The molecule has 0 radical (unpaired) electrons. The number of hydrogen-bond acceptors (Lipinski definition) is 5. The van der Waals surface area contributed by atoms with Gasteiger partial charge in [0.15, 0.2) is 5.82 Å². The van der Waals surface area contributed by atoms with E-state index in [1.807, 2.05) is 6.92 Å². The van der Waals surface area contributed by atoms with Gasteiger partial charge < -0.3 is 10.5 Å². The average molecular weight is 312 g/mol. The number of aryl methyl sites for hydroxylation is 1.